The molecule has 0 aliphatic heterocycles. The van der Waals surface area contributed by atoms with Gasteiger partial charge in [0.25, 0.3) is 0 Å². The molecular formula is C8H15N5S. The van der Waals surface area contributed by atoms with Crippen molar-refractivity contribution in [1.29, 1.82) is 0 Å². The van der Waals surface area contributed by atoms with E-state index in [1.165, 1.54) is 11.8 Å². The smallest absolute Gasteiger partial charge is 0.228 e. The van der Waals surface area contributed by atoms with Crippen LogP contribution in [0.25, 0.3) is 0 Å². The molecule has 0 radical (unpaired) electrons. The fourth-order valence-electron chi connectivity index (χ4n) is 0.838. The Kier molecular flexibility index (Phi) is 3.94. The maximum atomic E-state index is 5.53. The predicted octanol–water partition coefficient (Wildman–Crippen LogP) is 1.24. The first kappa shape index (κ1) is 11.0. The Balaban J connectivity index is 2.71. The highest BCUT2D eigenvalue weighted by atomic mass is 32.2. The number of thioether (sulfide) groups is 1. The zero-order valence-corrected chi connectivity index (χ0v) is 9.43. The minimum Gasteiger partial charge on any atom is -0.368 e. The number of aromatic nitrogens is 3. The lowest BCUT2D eigenvalue weighted by Crippen LogP contribution is -2.12. The van der Waals surface area contributed by atoms with E-state index < -0.39 is 0 Å². The van der Waals surface area contributed by atoms with Gasteiger partial charge < -0.3 is 11.1 Å². The minimum atomic E-state index is 0.260. The zero-order chi connectivity index (χ0) is 10.6. The molecule has 0 saturated carbocycles. The molecule has 78 valence electrons. The summed E-state index contributed by atoms with van der Waals surface area (Å²) in [5.41, 5.74) is 5.53. The van der Waals surface area contributed by atoms with Gasteiger partial charge in [0.05, 0.1) is 0 Å². The third-order valence-corrected chi connectivity index (χ3v) is 2.03. The largest absolute Gasteiger partial charge is 0.368 e. The van der Waals surface area contributed by atoms with Crippen LogP contribution in [0.15, 0.2) is 5.16 Å². The molecule has 3 N–H and O–H groups in total. The Labute approximate surface area is 87.9 Å². The molecule has 0 aromatic carbocycles. The molecule has 6 heteroatoms. The first-order valence-electron chi connectivity index (χ1n) is 4.41. The summed E-state index contributed by atoms with van der Waals surface area (Å²) in [6, 6.07) is 0. The van der Waals surface area contributed by atoms with Gasteiger partial charge in [-0.1, -0.05) is 25.6 Å². The lowest BCUT2D eigenvalue weighted by Gasteiger charge is -2.07. The average Bonchev–Trinajstić information content (AvgIpc) is 2.14. The third kappa shape index (κ3) is 3.37. The lowest BCUT2D eigenvalue weighted by atomic mass is 10.2. The highest BCUT2D eigenvalue weighted by molar-refractivity contribution is 7.98. The molecule has 0 bridgehead atoms. The zero-order valence-electron chi connectivity index (χ0n) is 8.61. The molecule has 14 heavy (non-hydrogen) atoms. The second kappa shape index (κ2) is 4.99. The van der Waals surface area contributed by atoms with Crippen molar-refractivity contribution >= 4 is 23.7 Å². The minimum absolute atomic E-state index is 0.260. The van der Waals surface area contributed by atoms with Gasteiger partial charge in [-0.25, -0.2) is 0 Å². The van der Waals surface area contributed by atoms with Crippen LogP contribution in [0.1, 0.15) is 13.8 Å². The van der Waals surface area contributed by atoms with E-state index >= 15 is 0 Å². The van der Waals surface area contributed by atoms with Crippen molar-refractivity contribution in [3.63, 3.8) is 0 Å². The van der Waals surface area contributed by atoms with Crippen LogP contribution in [0.5, 0.6) is 0 Å². The SMILES string of the molecule is CSc1nc(N)nc(NCC(C)C)n1. The predicted molar refractivity (Wildman–Crippen MR) is 59.3 cm³/mol. The van der Waals surface area contributed by atoms with E-state index in [0.29, 0.717) is 17.0 Å². The van der Waals surface area contributed by atoms with Gasteiger partial charge in [0.1, 0.15) is 0 Å². The van der Waals surface area contributed by atoms with E-state index in [-0.39, 0.29) is 5.95 Å². The Bertz CT molecular complexity index is 302. The highest BCUT2D eigenvalue weighted by Crippen LogP contribution is 2.11. The van der Waals surface area contributed by atoms with Crippen molar-refractivity contribution < 1.29 is 0 Å². The summed E-state index contributed by atoms with van der Waals surface area (Å²) >= 11 is 1.45. The van der Waals surface area contributed by atoms with Crippen LogP contribution in [-0.2, 0) is 0 Å². The van der Waals surface area contributed by atoms with Crippen LogP contribution in [0.2, 0.25) is 0 Å². The number of anilines is 2. The summed E-state index contributed by atoms with van der Waals surface area (Å²) < 4.78 is 0. The number of nitrogens with zero attached hydrogens (tertiary/aromatic N) is 3. The lowest BCUT2D eigenvalue weighted by molar-refractivity contribution is 0.682. The van der Waals surface area contributed by atoms with Gasteiger partial charge in [-0.2, -0.15) is 15.0 Å². The molecule has 0 saturated heterocycles. The van der Waals surface area contributed by atoms with Crippen LogP contribution in [0.4, 0.5) is 11.9 Å². The molecule has 0 spiro atoms. The standard InChI is InChI=1S/C8H15N5S/c1-5(2)4-10-7-11-6(9)12-8(13-7)14-3/h5H,4H2,1-3H3,(H3,9,10,11,12,13). The number of nitrogen functional groups attached to an aromatic ring is 1. The Morgan fingerprint density at radius 3 is 2.64 bits per heavy atom. The normalized spacial score (nSPS) is 10.6. The number of rotatable bonds is 4. The summed E-state index contributed by atoms with van der Waals surface area (Å²) in [7, 11) is 0. The topological polar surface area (TPSA) is 76.7 Å². The van der Waals surface area contributed by atoms with Gasteiger partial charge in [0.15, 0.2) is 5.16 Å². The maximum absolute atomic E-state index is 5.53. The van der Waals surface area contributed by atoms with Gasteiger partial charge in [-0.05, 0) is 12.2 Å². The first-order valence-corrected chi connectivity index (χ1v) is 5.63. The summed E-state index contributed by atoms with van der Waals surface area (Å²) in [5, 5.41) is 3.75. The number of hydrogen-bond acceptors (Lipinski definition) is 6. The Hall–Kier alpha value is -1.04. The first-order chi connectivity index (χ1) is 6.61. The van der Waals surface area contributed by atoms with E-state index in [2.05, 4.69) is 34.1 Å². The van der Waals surface area contributed by atoms with E-state index in [4.69, 9.17) is 5.73 Å². The quantitative estimate of drug-likeness (QED) is 0.733. The van der Waals surface area contributed by atoms with Gasteiger partial charge >= 0.3 is 0 Å². The molecule has 1 aromatic heterocycles. The Morgan fingerprint density at radius 1 is 1.36 bits per heavy atom. The molecular weight excluding hydrogens is 198 g/mol. The van der Waals surface area contributed by atoms with Crippen LogP contribution in [0, 0.1) is 5.92 Å². The number of nitrogens with two attached hydrogens (primary N) is 1. The van der Waals surface area contributed by atoms with E-state index in [1.807, 2.05) is 6.26 Å². The molecule has 0 aliphatic rings. The van der Waals surface area contributed by atoms with E-state index in [1.54, 1.807) is 0 Å². The molecule has 1 rings (SSSR count). The van der Waals surface area contributed by atoms with Gasteiger partial charge in [0.2, 0.25) is 11.9 Å². The molecule has 0 aliphatic carbocycles. The van der Waals surface area contributed by atoms with Crippen LogP contribution in [-0.4, -0.2) is 27.8 Å². The van der Waals surface area contributed by atoms with Crippen molar-refractivity contribution in [1.82, 2.24) is 15.0 Å². The van der Waals surface area contributed by atoms with Gasteiger partial charge in [-0.15, -0.1) is 0 Å². The summed E-state index contributed by atoms with van der Waals surface area (Å²) in [6.45, 7) is 5.07. The molecule has 0 atom stereocenters. The van der Waals surface area contributed by atoms with Gasteiger partial charge in [0, 0.05) is 6.54 Å². The summed E-state index contributed by atoms with van der Waals surface area (Å²) in [4.78, 5) is 12.1. The maximum Gasteiger partial charge on any atom is 0.228 e. The van der Waals surface area contributed by atoms with Crippen molar-refractivity contribution in [2.75, 3.05) is 23.9 Å². The number of hydrogen-bond donors (Lipinski definition) is 2. The van der Waals surface area contributed by atoms with Crippen LogP contribution < -0.4 is 11.1 Å². The van der Waals surface area contributed by atoms with Crippen molar-refractivity contribution in [2.24, 2.45) is 5.92 Å². The fraction of sp³-hybridized carbons (Fsp3) is 0.625. The third-order valence-electron chi connectivity index (χ3n) is 1.48. The second-order valence-corrected chi connectivity index (χ2v) is 4.05. The van der Waals surface area contributed by atoms with E-state index in [9.17, 15) is 0 Å². The highest BCUT2D eigenvalue weighted by Gasteiger charge is 2.03. The number of nitrogens with one attached hydrogen (secondary N) is 1. The average molecular weight is 213 g/mol. The second-order valence-electron chi connectivity index (χ2n) is 3.28. The van der Waals surface area contributed by atoms with Crippen LogP contribution >= 0.6 is 11.8 Å². The fourth-order valence-corrected chi connectivity index (χ4v) is 1.20. The molecule has 0 amide bonds. The van der Waals surface area contributed by atoms with Crippen molar-refractivity contribution in [3.8, 4) is 0 Å². The molecule has 5 nitrogen and oxygen atoms in total. The van der Waals surface area contributed by atoms with Crippen molar-refractivity contribution in [2.45, 2.75) is 19.0 Å². The molecule has 1 aromatic rings. The molecule has 0 unspecified atom stereocenters. The molecule has 1 heterocycles. The van der Waals surface area contributed by atoms with Crippen LogP contribution in [0.3, 0.4) is 0 Å². The summed E-state index contributed by atoms with van der Waals surface area (Å²) in [5.74, 6) is 1.36. The monoisotopic (exact) mass is 213 g/mol. The molecule has 0 fully saturated rings. The Morgan fingerprint density at radius 2 is 2.07 bits per heavy atom. The summed E-state index contributed by atoms with van der Waals surface area (Å²) in [6.07, 6.45) is 1.90. The van der Waals surface area contributed by atoms with E-state index in [0.717, 1.165) is 6.54 Å². The van der Waals surface area contributed by atoms with Crippen molar-refractivity contribution in [3.05, 3.63) is 0 Å². The van der Waals surface area contributed by atoms with Gasteiger partial charge in [-0.3, -0.25) is 0 Å².